The second-order valence-corrected chi connectivity index (χ2v) is 7.44. The normalized spacial score (nSPS) is 20.8. The molecule has 0 aromatic rings. The van der Waals surface area contributed by atoms with Gasteiger partial charge in [0.1, 0.15) is 0 Å². The molecule has 0 aromatic heterocycles. The van der Waals surface area contributed by atoms with Gasteiger partial charge in [0, 0.05) is 24.9 Å². The van der Waals surface area contributed by atoms with Gasteiger partial charge in [-0.3, -0.25) is 4.79 Å². The highest BCUT2D eigenvalue weighted by molar-refractivity contribution is 7.99. The number of aliphatic carboxylic acids is 1. The lowest BCUT2D eigenvalue weighted by molar-refractivity contribution is -0.142. The van der Waals surface area contributed by atoms with Crippen LogP contribution in [-0.2, 0) is 15.0 Å². The van der Waals surface area contributed by atoms with E-state index in [4.69, 9.17) is 5.11 Å². The van der Waals surface area contributed by atoms with Gasteiger partial charge in [-0.05, 0) is 19.1 Å². The average molecular weight is 296 g/mol. The Morgan fingerprint density at radius 3 is 2.50 bits per heavy atom. The molecular formula is C10H20N2O4S2. The molecule has 8 heteroatoms. The van der Waals surface area contributed by atoms with Gasteiger partial charge in [0.2, 0.25) is 0 Å². The fraction of sp³-hybridized carbons (Fsp3) is 0.900. The molecule has 1 aliphatic heterocycles. The number of nitrogens with one attached hydrogen (secondary N) is 1. The van der Waals surface area contributed by atoms with Gasteiger partial charge >= 0.3 is 5.97 Å². The largest absolute Gasteiger partial charge is 0.481 e. The molecule has 2 N–H and O–H groups in total. The van der Waals surface area contributed by atoms with E-state index in [2.05, 4.69) is 4.72 Å². The molecule has 1 heterocycles. The van der Waals surface area contributed by atoms with Gasteiger partial charge in [-0.1, -0.05) is 6.92 Å². The number of thioether (sulfide) groups is 1. The van der Waals surface area contributed by atoms with E-state index >= 15 is 0 Å². The molecule has 0 bridgehead atoms. The van der Waals surface area contributed by atoms with E-state index < -0.39 is 22.1 Å². The van der Waals surface area contributed by atoms with Crippen molar-refractivity contribution in [2.75, 3.05) is 25.9 Å². The lowest BCUT2D eigenvalue weighted by Gasteiger charge is -2.29. The minimum Gasteiger partial charge on any atom is -0.481 e. The number of hydrogen-bond acceptors (Lipinski definition) is 4. The van der Waals surface area contributed by atoms with E-state index in [1.165, 1.54) is 4.31 Å². The number of piperidine rings is 1. The van der Waals surface area contributed by atoms with Crippen LogP contribution in [0.3, 0.4) is 0 Å². The first-order chi connectivity index (χ1) is 8.36. The zero-order valence-corrected chi connectivity index (χ0v) is 12.3. The molecule has 0 aromatic carbocycles. The zero-order valence-electron chi connectivity index (χ0n) is 10.6. The van der Waals surface area contributed by atoms with Crippen LogP contribution in [0.4, 0.5) is 0 Å². The summed E-state index contributed by atoms with van der Waals surface area (Å²) in [4.78, 5) is 10.8. The fourth-order valence-corrected chi connectivity index (χ4v) is 3.43. The van der Waals surface area contributed by atoms with Crippen LogP contribution in [0, 0.1) is 5.92 Å². The van der Waals surface area contributed by atoms with Crippen LogP contribution in [0.2, 0.25) is 0 Å². The van der Waals surface area contributed by atoms with E-state index in [1.807, 2.05) is 13.2 Å². The van der Waals surface area contributed by atoms with Crippen molar-refractivity contribution in [1.29, 1.82) is 0 Å². The number of nitrogens with zero attached hydrogens (tertiary/aromatic N) is 1. The summed E-state index contributed by atoms with van der Waals surface area (Å²) in [6, 6.07) is 0. The molecule has 0 spiro atoms. The Labute approximate surface area is 112 Å². The molecule has 1 rings (SSSR count). The molecular weight excluding hydrogens is 276 g/mol. The Bertz CT molecular complexity index is 377. The molecule has 0 saturated carbocycles. The second kappa shape index (κ2) is 6.74. The highest BCUT2D eigenvalue weighted by atomic mass is 32.2. The quantitative estimate of drug-likeness (QED) is 0.739. The molecule has 1 fully saturated rings. The van der Waals surface area contributed by atoms with Crippen molar-refractivity contribution in [3.05, 3.63) is 0 Å². The lowest BCUT2D eigenvalue weighted by Crippen LogP contribution is -2.47. The maximum Gasteiger partial charge on any atom is 0.306 e. The summed E-state index contributed by atoms with van der Waals surface area (Å²) in [6.07, 6.45) is 2.69. The lowest BCUT2D eigenvalue weighted by atomic mass is 9.99. The van der Waals surface area contributed by atoms with Crippen LogP contribution >= 0.6 is 11.8 Å². The van der Waals surface area contributed by atoms with Gasteiger partial charge in [-0.2, -0.15) is 24.5 Å². The maximum absolute atomic E-state index is 11.9. The van der Waals surface area contributed by atoms with Gasteiger partial charge in [0.05, 0.1) is 5.92 Å². The third-order valence-electron chi connectivity index (χ3n) is 3.10. The fourth-order valence-electron chi connectivity index (χ4n) is 1.74. The monoisotopic (exact) mass is 296 g/mol. The zero-order chi connectivity index (χ0) is 13.8. The van der Waals surface area contributed by atoms with Gasteiger partial charge in [-0.15, -0.1) is 0 Å². The molecule has 106 valence electrons. The Kier molecular flexibility index (Phi) is 5.90. The first kappa shape index (κ1) is 15.7. The SMILES string of the molecule is CSC(C)CNS(=O)(=O)N1CCC(C(=O)O)CC1. The van der Waals surface area contributed by atoms with Crippen LogP contribution in [0.5, 0.6) is 0 Å². The van der Waals surface area contributed by atoms with Crippen molar-refractivity contribution < 1.29 is 18.3 Å². The van der Waals surface area contributed by atoms with Crippen molar-refractivity contribution in [1.82, 2.24) is 9.03 Å². The molecule has 1 saturated heterocycles. The van der Waals surface area contributed by atoms with Gasteiger partial charge in [0.25, 0.3) is 10.2 Å². The summed E-state index contributed by atoms with van der Waals surface area (Å²) in [5.41, 5.74) is 0. The van der Waals surface area contributed by atoms with Crippen LogP contribution in [0.15, 0.2) is 0 Å². The van der Waals surface area contributed by atoms with Crippen molar-refractivity contribution in [2.45, 2.75) is 25.0 Å². The minimum atomic E-state index is -3.46. The Morgan fingerprint density at radius 1 is 1.50 bits per heavy atom. The Balaban J connectivity index is 2.48. The predicted molar refractivity (Wildman–Crippen MR) is 71.8 cm³/mol. The predicted octanol–water partition coefficient (Wildman–Crippen LogP) is 0.369. The number of carboxylic acids is 1. The number of carbonyl (C=O) groups is 1. The smallest absolute Gasteiger partial charge is 0.306 e. The standard InChI is InChI=1S/C10H20N2O4S2/c1-8(17-2)7-11-18(15,16)12-5-3-9(4-6-12)10(13)14/h8-9,11H,3-7H2,1-2H3,(H,13,14). The first-order valence-electron chi connectivity index (χ1n) is 5.87. The van der Waals surface area contributed by atoms with Crippen molar-refractivity contribution in [3.8, 4) is 0 Å². The van der Waals surface area contributed by atoms with E-state index in [0.717, 1.165) is 0 Å². The van der Waals surface area contributed by atoms with Gasteiger partial charge < -0.3 is 5.11 Å². The van der Waals surface area contributed by atoms with Gasteiger partial charge in [-0.25, -0.2) is 4.72 Å². The minimum absolute atomic E-state index is 0.219. The highest BCUT2D eigenvalue weighted by Crippen LogP contribution is 2.19. The summed E-state index contributed by atoms with van der Waals surface area (Å²) in [7, 11) is -3.46. The third kappa shape index (κ3) is 4.42. The average Bonchev–Trinajstić information content (AvgIpc) is 2.36. The maximum atomic E-state index is 11.9. The first-order valence-corrected chi connectivity index (χ1v) is 8.60. The van der Waals surface area contributed by atoms with Crippen LogP contribution < -0.4 is 4.72 Å². The molecule has 0 radical (unpaired) electrons. The summed E-state index contributed by atoms with van der Waals surface area (Å²) >= 11 is 1.59. The molecule has 1 atom stereocenters. The summed E-state index contributed by atoms with van der Waals surface area (Å²) in [6.45, 7) is 2.89. The number of rotatable bonds is 6. The van der Waals surface area contributed by atoms with Crippen molar-refractivity contribution in [2.24, 2.45) is 5.92 Å². The van der Waals surface area contributed by atoms with E-state index in [9.17, 15) is 13.2 Å². The Hall–Kier alpha value is -0.310. The Morgan fingerprint density at radius 2 is 2.06 bits per heavy atom. The van der Waals surface area contributed by atoms with Crippen LogP contribution in [0.25, 0.3) is 0 Å². The number of carboxylic acid groups (broad SMARTS) is 1. The molecule has 18 heavy (non-hydrogen) atoms. The van der Waals surface area contributed by atoms with E-state index in [1.54, 1.807) is 11.8 Å². The third-order valence-corrected chi connectivity index (χ3v) is 5.65. The van der Waals surface area contributed by atoms with E-state index in [-0.39, 0.29) is 18.3 Å². The van der Waals surface area contributed by atoms with Gasteiger partial charge in [0.15, 0.2) is 0 Å². The van der Waals surface area contributed by atoms with Crippen molar-refractivity contribution >= 4 is 27.9 Å². The number of hydrogen-bond donors (Lipinski definition) is 2. The second-order valence-electron chi connectivity index (χ2n) is 4.41. The molecule has 0 amide bonds. The summed E-state index contributed by atoms with van der Waals surface area (Å²) in [5, 5.41) is 9.07. The van der Waals surface area contributed by atoms with Crippen molar-refractivity contribution in [3.63, 3.8) is 0 Å². The summed E-state index contributed by atoms with van der Waals surface area (Å²) in [5.74, 6) is -1.25. The molecule has 1 unspecified atom stereocenters. The summed E-state index contributed by atoms with van der Waals surface area (Å²) < 4.78 is 27.8. The topological polar surface area (TPSA) is 86.7 Å². The molecule has 0 aliphatic carbocycles. The molecule has 1 aliphatic rings. The van der Waals surface area contributed by atoms with E-state index in [0.29, 0.717) is 19.4 Å². The van der Waals surface area contributed by atoms with Crippen LogP contribution in [0.1, 0.15) is 19.8 Å². The van der Waals surface area contributed by atoms with Crippen LogP contribution in [-0.4, -0.2) is 54.9 Å². The molecule has 6 nitrogen and oxygen atoms in total. The highest BCUT2D eigenvalue weighted by Gasteiger charge is 2.30.